The van der Waals surface area contributed by atoms with Crippen LogP contribution in [0.25, 0.3) is 0 Å². The van der Waals surface area contributed by atoms with Gasteiger partial charge in [0.2, 0.25) is 5.91 Å². The van der Waals surface area contributed by atoms with Crippen molar-refractivity contribution in [3.05, 3.63) is 59.2 Å². The van der Waals surface area contributed by atoms with E-state index < -0.39 is 0 Å². The molecule has 4 atom stereocenters. The summed E-state index contributed by atoms with van der Waals surface area (Å²) in [5, 5.41) is 0. The minimum atomic E-state index is 0.341. The van der Waals surface area contributed by atoms with Gasteiger partial charge in [-0.15, -0.1) is 0 Å². The predicted molar refractivity (Wildman–Crippen MR) is 190 cm³/mol. The number of carbonyl (C=O) groups is 1. The molecule has 3 aliphatic rings. The molecule has 0 N–H and O–H groups in total. The van der Waals surface area contributed by atoms with Crippen molar-refractivity contribution in [1.82, 2.24) is 9.80 Å². The second-order valence-corrected chi connectivity index (χ2v) is 15.0. The van der Waals surface area contributed by atoms with Crippen molar-refractivity contribution in [2.45, 2.75) is 117 Å². The Balaban J connectivity index is 1.38. The summed E-state index contributed by atoms with van der Waals surface area (Å²) in [5.41, 5.74) is 4.13. The Labute approximate surface area is 280 Å². The maximum atomic E-state index is 14.2. The van der Waals surface area contributed by atoms with Gasteiger partial charge in [-0.25, -0.2) is 0 Å². The Morgan fingerprint density at radius 2 is 1.83 bits per heavy atom. The zero-order valence-corrected chi connectivity index (χ0v) is 29.6. The molecule has 46 heavy (non-hydrogen) atoms. The van der Waals surface area contributed by atoms with Crippen LogP contribution in [0.5, 0.6) is 11.5 Å². The molecule has 2 aliphatic heterocycles. The van der Waals surface area contributed by atoms with Gasteiger partial charge in [-0.3, -0.25) is 9.69 Å². The predicted octanol–water partition coefficient (Wildman–Crippen LogP) is 8.93. The first-order valence-corrected chi connectivity index (χ1v) is 18.8. The fourth-order valence-corrected chi connectivity index (χ4v) is 8.66. The lowest BCUT2D eigenvalue weighted by Crippen LogP contribution is -2.44. The van der Waals surface area contributed by atoms with Gasteiger partial charge >= 0.3 is 0 Å². The van der Waals surface area contributed by atoms with Gasteiger partial charge in [0.15, 0.2) is 0 Å². The van der Waals surface area contributed by atoms with Gasteiger partial charge in [0.05, 0.1) is 20.3 Å². The second kappa shape index (κ2) is 17.0. The summed E-state index contributed by atoms with van der Waals surface area (Å²) >= 11 is 0. The molecule has 1 amide bonds. The van der Waals surface area contributed by atoms with E-state index in [2.05, 4.69) is 80.0 Å². The molecule has 0 spiro atoms. The van der Waals surface area contributed by atoms with Crippen molar-refractivity contribution in [2.24, 2.45) is 23.7 Å². The highest BCUT2D eigenvalue weighted by Crippen LogP contribution is 2.49. The van der Waals surface area contributed by atoms with Crippen LogP contribution in [0.15, 0.2) is 42.5 Å². The number of hydrogen-bond donors (Lipinski definition) is 0. The van der Waals surface area contributed by atoms with Gasteiger partial charge in [-0.2, -0.15) is 0 Å². The number of nitrogens with zero attached hydrogens (tertiary/aromatic N) is 2. The monoisotopic (exact) mass is 630 g/mol. The normalized spacial score (nSPS) is 22.3. The SMILES string of the molecule is CCCCN(CCC[C@@H](C)C(C)C)C(=O)CN1C[C@H](c2ccc3c(c2)CCO3)C(C2CCCC2)[C@@H]1CCCc1ccccc1OC. The van der Waals surface area contributed by atoms with Crippen LogP contribution in [0.4, 0.5) is 0 Å². The highest BCUT2D eigenvalue weighted by Gasteiger charge is 2.47. The third-order valence-corrected chi connectivity index (χ3v) is 11.7. The summed E-state index contributed by atoms with van der Waals surface area (Å²) in [4.78, 5) is 19.1. The molecule has 2 aromatic rings. The number of likely N-dealkylation sites (tertiary alicyclic amines) is 1. The van der Waals surface area contributed by atoms with Crippen molar-refractivity contribution >= 4 is 5.91 Å². The first-order valence-electron chi connectivity index (χ1n) is 18.8. The summed E-state index contributed by atoms with van der Waals surface area (Å²) in [6.07, 6.45) is 14.1. The van der Waals surface area contributed by atoms with E-state index in [9.17, 15) is 4.79 Å². The maximum Gasteiger partial charge on any atom is 0.236 e. The molecular weight excluding hydrogens is 568 g/mol. The smallest absolute Gasteiger partial charge is 0.236 e. The molecule has 1 unspecified atom stereocenters. The van der Waals surface area contributed by atoms with Gasteiger partial charge < -0.3 is 14.4 Å². The number of para-hydroxylation sites is 1. The number of amides is 1. The largest absolute Gasteiger partial charge is 0.496 e. The highest BCUT2D eigenvalue weighted by atomic mass is 16.5. The number of unbranched alkanes of at least 4 members (excludes halogenated alkanes) is 1. The minimum Gasteiger partial charge on any atom is -0.496 e. The number of aryl methyl sites for hydroxylation is 1. The first kappa shape index (κ1) is 34.8. The van der Waals surface area contributed by atoms with Crippen LogP contribution in [0.2, 0.25) is 0 Å². The number of methoxy groups -OCH3 is 1. The molecule has 2 fully saturated rings. The molecule has 2 heterocycles. The molecule has 2 aromatic carbocycles. The average molecular weight is 631 g/mol. The molecule has 0 aromatic heterocycles. The molecule has 254 valence electrons. The second-order valence-electron chi connectivity index (χ2n) is 15.0. The van der Waals surface area contributed by atoms with Gasteiger partial charge in [-0.1, -0.05) is 90.1 Å². The van der Waals surface area contributed by atoms with Crippen LogP contribution in [-0.2, 0) is 17.6 Å². The number of hydrogen-bond acceptors (Lipinski definition) is 4. The molecule has 5 nitrogen and oxygen atoms in total. The summed E-state index contributed by atoms with van der Waals surface area (Å²) in [7, 11) is 1.78. The number of carbonyl (C=O) groups excluding carboxylic acids is 1. The van der Waals surface area contributed by atoms with Crippen molar-refractivity contribution < 1.29 is 14.3 Å². The van der Waals surface area contributed by atoms with E-state index in [1.54, 1.807) is 7.11 Å². The third-order valence-electron chi connectivity index (χ3n) is 11.7. The third kappa shape index (κ3) is 8.68. The standard InChI is InChI=1S/C41H62N2O3/c1-6-7-24-42(25-13-14-31(4)30(2)3)40(44)29-43-28-36(34-21-22-39-35(27-34)23-26-46-39)41(33-16-8-9-17-33)37(43)19-12-18-32-15-10-11-20-38(32)45-5/h10-11,15,20-22,27,30-31,33,36-37,41H,6-9,12-14,16-19,23-26,28-29H2,1-5H3/t31-,36-,37+,41?/m1/s1. The van der Waals surface area contributed by atoms with E-state index in [0.717, 1.165) is 88.6 Å². The summed E-state index contributed by atoms with van der Waals surface area (Å²) in [6, 6.07) is 15.9. The van der Waals surface area contributed by atoms with E-state index in [1.165, 1.54) is 48.8 Å². The Morgan fingerprint density at radius 1 is 1.04 bits per heavy atom. The Kier molecular flexibility index (Phi) is 12.9. The Bertz CT molecular complexity index is 1240. The van der Waals surface area contributed by atoms with Crippen LogP contribution in [0.1, 0.15) is 115 Å². The number of ether oxygens (including phenoxy) is 2. The van der Waals surface area contributed by atoms with Crippen LogP contribution in [0.3, 0.4) is 0 Å². The lowest BCUT2D eigenvalue weighted by Gasteiger charge is -2.34. The maximum absolute atomic E-state index is 14.2. The van der Waals surface area contributed by atoms with Crippen molar-refractivity contribution in [1.29, 1.82) is 0 Å². The highest BCUT2D eigenvalue weighted by molar-refractivity contribution is 5.78. The van der Waals surface area contributed by atoms with Crippen LogP contribution in [-0.4, -0.2) is 61.6 Å². The number of fused-ring (bicyclic) bond motifs is 1. The van der Waals surface area contributed by atoms with Crippen LogP contribution < -0.4 is 9.47 Å². The fourth-order valence-electron chi connectivity index (χ4n) is 8.66. The summed E-state index contributed by atoms with van der Waals surface area (Å²) in [6.45, 7) is 13.3. The molecule has 5 rings (SSSR count). The zero-order chi connectivity index (χ0) is 32.5. The minimum absolute atomic E-state index is 0.341. The average Bonchev–Trinajstić information content (AvgIpc) is 3.83. The molecular formula is C41H62N2O3. The number of benzene rings is 2. The van der Waals surface area contributed by atoms with E-state index in [-0.39, 0.29) is 0 Å². The van der Waals surface area contributed by atoms with Crippen LogP contribution in [0, 0.1) is 23.7 Å². The van der Waals surface area contributed by atoms with E-state index in [4.69, 9.17) is 9.47 Å². The van der Waals surface area contributed by atoms with Gasteiger partial charge in [0, 0.05) is 38.0 Å². The summed E-state index contributed by atoms with van der Waals surface area (Å²) < 4.78 is 11.6. The van der Waals surface area contributed by atoms with Gasteiger partial charge in [-0.05, 0) is 91.0 Å². The van der Waals surface area contributed by atoms with Crippen molar-refractivity contribution in [3.8, 4) is 11.5 Å². The summed E-state index contributed by atoms with van der Waals surface area (Å²) in [5.74, 6) is 5.57. The van der Waals surface area contributed by atoms with Crippen molar-refractivity contribution in [3.63, 3.8) is 0 Å². The molecule has 5 heteroatoms. The van der Waals surface area contributed by atoms with E-state index in [1.807, 2.05) is 0 Å². The van der Waals surface area contributed by atoms with Gasteiger partial charge in [0.1, 0.15) is 11.5 Å². The van der Waals surface area contributed by atoms with Crippen molar-refractivity contribution in [2.75, 3.05) is 39.9 Å². The van der Waals surface area contributed by atoms with Crippen LogP contribution >= 0.6 is 0 Å². The lowest BCUT2D eigenvalue weighted by atomic mass is 9.74. The fraction of sp³-hybridized carbons (Fsp3) is 0.683. The van der Waals surface area contributed by atoms with E-state index >= 15 is 0 Å². The molecule has 0 radical (unpaired) electrons. The Hall–Kier alpha value is -2.53. The molecule has 0 bridgehead atoms. The Morgan fingerprint density at radius 3 is 2.59 bits per heavy atom. The zero-order valence-electron chi connectivity index (χ0n) is 29.6. The van der Waals surface area contributed by atoms with E-state index in [0.29, 0.717) is 42.2 Å². The lowest BCUT2D eigenvalue weighted by molar-refractivity contribution is -0.133. The number of rotatable bonds is 17. The van der Waals surface area contributed by atoms with Gasteiger partial charge in [0.25, 0.3) is 0 Å². The molecule has 1 saturated carbocycles. The topological polar surface area (TPSA) is 42.0 Å². The quantitative estimate of drug-likeness (QED) is 0.175. The first-order chi connectivity index (χ1) is 22.4. The molecule has 1 saturated heterocycles. The molecule has 1 aliphatic carbocycles.